The highest BCUT2D eigenvalue weighted by atomic mass is 16.6. The molecule has 2 rings (SSSR count). The molecule has 0 radical (unpaired) electrons. The highest BCUT2D eigenvalue weighted by Crippen LogP contribution is 2.04. The molecule has 0 spiro atoms. The smallest absolute Gasteiger partial charge is 0.409 e. The topological polar surface area (TPSA) is 76.5 Å². The first-order valence-electron chi connectivity index (χ1n) is 6.28. The summed E-state index contributed by atoms with van der Waals surface area (Å²) in [6, 6.07) is 1.73. The molecule has 1 saturated heterocycles. The minimum absolute atomic E-state index is 0.228. The van der Waals surface area contributed by atoms with Crippen molar-refractivity contribution in [2.45, 2.75) is 13.3 Å². The first-order chi connectivity index (χ1) is 9.08. The number of aromatic nitrogens is 2. The third kappa shape index (κ3) is 3.24. The van der Waals surface area contributed by atoms with E-state index in [-0.39, 0.29) is 12.0 Å². The third-order valence-electron chi connectivity index (χ3n) is 3.07. The van der Waals surface area contributed by atoms with E-state index in [4.69, 9.17) is 4.74 Å². The molecule has 2 heterocycles. The molecular formula is C12H18N4O3. The van der Waals surface area contributed by atoms with E-state index in [2.05, 4.69) is 10.4 Å². The average molecular weight is 266 g/mol. The van der Waals surface area contributed by atoms with E-state index in [1.807, 2.05) is 6.92 Å². The Morgan fingerprint density at radius 3 is 3.00 bits per heavy atom. The molecule has 0 aliphatic carbocycles. The molecule has 1 fully saturated rings. The molecule has 1 aliphatic rings. The van der Waals surface area contributed by atoms with Gasteiger partial charge in [-0.15, -0.1) is 0 Å². The van der Waals surface area contributed by atoms with Gasteiger partial charge in [-0.1, -0.05) is 0 Å². The molecule has 1 N–H and O–H groups in total. The number of aryl methyl sites for hydroxylation is 2. The monoisotopic (exact) mass is 266 g/mol. The van der Waals surface area contributed by atoms with Crippen LogP contribution in [0.2, 0.25) is 0 Å². The van der Waals surface area contributed by atoms with Gasteiger partial charge in [0.15, 0.2) is 0 Å². The van der Waals surface area contributed by atoms with Gasteiger partial charge in [0.2, 0.25) is 0 Å². The summed E-state index contributed by atoms with van der Waals surface area (Å²) in [6.07, 6.45) is 0.522. The standard InChI is InChI=1S/C12H18N4O3/c1-9-8-10(14-15(9)2)11(17)13-4-6-16-5-3-7-19-12(16)18/h8H,3-7H2,1-2H3,(H,13,17). The largest absolute Gasteiger partial charge is 0.449 e. The van der Waals surface area contributed by atoms with Gasteiger partial charge < -0.3 is 15.0 Å². The van der Waals surface area contributed by atoms with Crippen LogP contribution in [-0.4, -0.2) is 52.9 Å². The van der Waals surface area contributed by atoms with E-state index >= 15 is 0 Å². The lowest BCUT2D eigenvalue weighted by molar-refractivity contribution is 0.0719. The van der Waals surface area contributed by atoms with Crippen LogP contribution >= 0.6 is 0 Å². The first kappa shape index (κ1) is 13.4. The third-order valence-corrected chi connectivity index (χ3v) is 3.07. The van der Waals surface area contributed by atoms with Crippen molar-refractivity contribution < 1.29 is 14.3 Å². The van der Waals surface area contributed by atoms with Crippen LogP contribution in [-0.2, 0) is 11.8 Å². The lowest BCUT2D eigenvalue weighted by Gasteiger charge is -2.26. The van der Waals surface area contributed by atoms with E-state index < -0.39 is 0 Å². The maximum Gasteiger partial charge on any atom is 0.409 e. The van der Waals surface area contributed by atoms with Gasteiger partial charge >= 0.3 is 6.09 Å². The van der Waals surface area contributed by atoms with Gasteiger partial charge in [-0.2, -0.15) is 5.10 Å². The number of hydrogen-bond acceptors (Lipinski definition) is 4. The van der Waals surface area contributed by atoms with Crippen molar-refractivity contribution in [2.24, 2.45) is 7.05 Å². The molecule has 1 aromatic rings. The summed E-state index contributed by atoms with van der Waals surface area (Å²) in [5.41, 5.74) is 1.31. The van der Waals surface area contributed by atoms with E-state index in [1.165, 1.54) is 0 Å². The fraction of sp³-hybridized carbons (Fsp3) is 0.583. The van der Waals surface area contributed by atoms with Gasteiger partial charge in [0.1, 0.15) is 5.69 Å². The zero-order chi connectivity index (χ0) is 13.8. The molecule has 1 aromatic heterocycles. The Bertz CT molecular complexity index is 464. The Morgan fingerprint density at radius 1 is 1.58 bits per heavy atom. The number of amides is 2. The fourth-order valence-electron chi connectivity index (χ4n) is 1.87. The van der Waals surface area contributed by atoms with Crippen LogP contribution in [0.15, 0.2) is 6.07 Å². The molecule has 7 heteroatoms. The minimum Gasteiger partial charge on any atom is -0.449 e. The summed E-state index contributed by atoms with van der Waals surface area (Å²) in [7, 11) is 1.79. The summed E-state index contributed by atoms with van der Waals surface area (Å²) in [4.78, 5) is 24.8. The summed E-state index contributed by atoms with van der Waals surface area (Å²) < 4.78 is 6.56. The second kappa shape index (κ2) is 5.73. The Hall–Kier alpha value is -2.05. The SMILES string of the molecule is Cc1cc(C(=O)NCCN2CCCOC2=O)nn1C. The molecule has 104 valence electrons. The van der Waals surface area contributed by atoms with Crippen molar-refractivity contribution in [3.05, 3.63) is 17.5 Å². The fourth-order valence-corrected chi connectivity index (χ4v) is 1.87. The number of cyclic esters (lactones) is 1. The molecule has 2 amide bonds. The maximum absolute atomic E-state index is 11.8. The molecular weight excluding hydrogens is 248 g/mol. The number of hydrogen-bond donors (Lipinski definition) is 1. The van der Waals surface area contributed by atoms with Gasteiger partial charge in [0.05, 0.1) is 6.61 Å². The van der Waals surface area contributed by atoms with Crippen molar-refractivity contribution in [1.82, 2.24) is 20.0 Å². The first-order valence-corrected chi connectivity index (χ1v) is 6.28. The molecule has 0 unspecified atom stereocenters. The average Bonchev–Trinajstić information content (AvgIpc) is 2.72. The van der Waals surface area contributed by atoms with E-state index in [9.17, 15) is 9.59 Å². The van der Waals surface area contributed by atoms with Gasteiger partial charge in [-0.05, 0) is 19.4 Å². The van der Waals surface area contributed by atoms with Crippen LogP contribution in [0.5, 0.6) is 0 Å². The number of rotatable bonds is 4. The highest BCUT2D eigenvalue weighted by molar-refractivity contribution is 5.92. The van der Waals surface area contributed by atoms with Crippen molar-refractivity contribution in [3.63, 3.8) is 0 Å². The Morgan fingerprint density at radius 2 is 2.37 bits per heavy atom. The minimum atomic E-state index is -0.311. The van der Waals surface area contributed by atoms with Gasteiger partial charge in [0.25, 0.3) is 5.91 Å². The Labute approximate surface area is 111 Å². The number of carbonyl (C=O) groups excluding carboxylic acids is 2. The lowest BCUT2D eigenvalue weighted by Crippen LogP contribution is -2.42. The van der Waals surface area contributed by atoms with Gasteiger partial charge in [-0.25, -0.2) is 4.79 Å². The van der Waals surface area contributed by atoms with Gasteiger partial charge in [0, 0.05) is 32.4 Å². The molecule has 1 aliphatic heterocycles. The summed E-state index contributed by atoms with van der Waals surface area (Å²) in [5, 5.41) is 6.83. The van der Waals surface area contributed by atoms with Crippen LogP contribution in [0.3, 0.4) is 0 Å². The maximum atomic E-state index is 11.8. The number of nitrogens with zero attached hydrogens (tertiary/aromatic N) is 3. The molecule has 0 aromatic carbocycles. The van der Waals surface area contributed by atoms with Gasteiger partial charge in [-0.3, -0.25) is 9.48 Å². The lowest BCUT2D eigenvalue weighted by atomic mass is 10.3. The number of carbonyl (C=O) groups is 2. The summed E-state index contributed by atoms with van der Waals surface area (Å²) in [5.74, 6) is -0.228. The predicted molar refractivity (Wildman–Crippen MR) is 67.8 cm³/mol. The van der Waals surface area contributed by atoms with E-state index in [0.29, 0.717) is 31.9 Å². The zero-order valence-corrected chi connectivity index (χ0v) is 11.2. The second-order valence-electron chi connectivity index (χ2n) is 4.51. The molecule has 0 saturated carbocycles. The normalized spacial score (nSPS) is 15.3. The summed E-state index contributed by atoms with van der Waals surface area (Å²) >= 11 is 0. The van der Waals surface area contributed by atoms with Crippen LogP contribution in [0, 0.1) is 6.92 Å². The number of ether oxygens (including phenoxy) is 1. The van der Waals surface area contributed by atoms with E-state index in [0.717, 1.165) is 12.1 Å². The molecule has 0 atom stereocenters. The number of nitrogens with one attached hydrogen (secondary N) is 1. The quantitative estimate of drug-likeness (QED) is 0.850. The van der Waals surface area contributed by atoms with E-state index in [1.54, 1.807) is 22.7 Å². The Kier molecular flexibility index (Phi) is 4.03. The van der Waals surface area contributed by atoms with Crippen LogP contribution < -0.4 is 5.32 Å². The van der Waals surface area contributed by atoms with Crippen molar-refractivity contribution in [1.29, 1.82) is 0 Å². The van der Waals surface area contributed by atoms with Crippen molar-refractivity contribution in [3.8, 4) is 0 Å². The molecule has 0 bridgehead atoms. The highest BCUT2D eigenvalue weighted by Gasteiger charge is 2.19. The molecule has 19 heavy (non-hydrogen) atoms. The Balaban J connectivity index is 1.79. The molecule has 7 nitrogen and oxygen atoms in total. The van der Waals surface area contributed by atoms with Crippen LogP contribution in [0.1, 0.15) is 22.6 Å². The predicted octanol–water partition coefficient (Wildman–Crippen LogP) is 0.301. The summed E-state index contributed by atoms with van der Waals surface area (Å²) in [6.45, 7) is 3.89. The second-order valence-corrected chi connectivity index (χ2v) is 4.51. The van der Waals surface area contributed by atoms with Crippen LogP contribution in [0.25, 0.3) is 0 Å². The van der Waals surface area contributed by atoms with Crippen LogP contribution in [0.4, 0.5) is 4.79 Å². The van der Waals surface area contributed by atoms with Crippen molar-refractivity contribution >= 4 is 12.0 Å². The van der Waals surface area contributed by atoms with Crippen molar-refractivity contribution in [2.75, 3.05) is 26.2 Å². The zero-order valence-electron chi connectivity index (χ0n) is 11.2.